The molecule has 19 heavy (non-hydrogen) atoms. The minimum absolute atomic E-state index is 0.108. The van der Waals surface area contributed by atoms with E-state index >= 15 is 0 Å². The lowest BCUT2D eigenvalue weighted by molar-refractivity contribution is 0.0575. The number of hydrogen-bond acceptors (Lipinski definition) is 3. The summed E-state index contributed by atoms with van der Waals surface area (Å²) in [6, 6.07) is 9.83. The molecule has 1 aliphatic rings. The molecule has 2 rings (SSSR count). The molecule has 0 radical (unpaired) electrons. The summed E-state index contributed by atoms with van der Waals surface area (Å²) in [5.74, 6) is 0.892. The van der Waals surface area contributed by atoms with Crippen LogP contribution in [0.5, 0.6) is 5.75 Å². The van der Waals surface area contributed by atoms with Crippen LogP contribution in [0.15, 0.2) is 30.3 Å². The number of para-hydroxylation sites is 1. The molecule has 0 aromatic heterocycles. The van der Waals surface area contributed by atoms with Crippen LogP contribution in [0, 0.1) is 0 Å². The highest BCUT2D eigenvalue weighted by Crippen LogP contribution is 2.25. The second kappa shape index (κ2) is 7.51. The first-order chi connectivity index (χ1) is 9.29. The van der Waals surface area contributed by atoms with Crippen LogP contribution in [0.1, 0.15) is 38.5 Å². The van der Waals surface area contributed by atoms with Gasteiger partial charge in [0, 0.05) is 5.54 Å². The Labute approximate surface area is 116 Å². The third-order valence-electron chi connectivity index (χ3n) is 3.73. The average Bonchev–Trinajstić information content (AvgIpc) is 2.65. The molecule has 0 aliphatic heterocycles. The summed E-state index contributed by atoms with van der Waals surface area (Å²) in [5, 5.41) is 0. The maximum Gasteiger partial charge on any atom is 0.119 e. The Hall–Kier alpha value is -1.06. The van der Waals surface area contributed by atoms with E-state index in [9.17, 15) is 0 Å². The molecule has 2 N–H and O–H groups in total. The summed E-state index contributed by atoms with van der Waals surface area (Å²) in [5.41, 5.74) is 6.28. The molecule has 106 valence electrons. The Bertz CT molecular complexity index is 345. The number of nitrogens with two attached hydrogens (primary N) is 1. The average molecular weight is 263 g/mol. The van der Waals surface area contributed by atoms with E-state index in [1.165, 1.54) is 25.7 Å². The molecule has 0 amide bonds. The monoisotopic (exact) mass is 263 g/mol. The van der Waals surface area contributed by atoms with Crippen LogP contribution in [0.2, 0.25) is 0 Å². The lowest BCUT2D eigenvalue weighted by Crippen LogP contribution is -2.44. The molecule has 0 heterocycles. The molecule has 0 spiro atoms. The topological polar surface area (TPSA) is 44.5 Å². The van der Waals surface area contributed by atoms with Gasteiger partial charge in [-0.25, -0.2) is 0 Å². The van der Waals surface area contributed by atoms with Crippen LogP contribution in [-0.4, -0.2) is 25.4 Å². The summed E-state index contributed by atoms with van der Waals surface area (Å²) < 4.78 is 11.3. The first-order valence-electron chi connectivity index (χ1n) is 7.33. The minimum Gasteiger partial charge on any atom is -0.491 e. The van der Waals surface area contributed by atoms with Gasteiger partial charge in [0.15, 0.2) is 0 Å². The molecule has 0 bridgehead atoms. The van der Waals surface area contributed by atoms with Gasteiger partial charge in [0.05, 0.1) is 13.2 Å². The van der Waals surface area contributed by atoms with E-state index in [1.54, 1.807) is 0 Å². The van der Waals surface area contributed by atoms with E-state index in [0.717, 1.165) is 18.6 Å². The highest BCUT2D eigenvalue weighted by atomic mass is 16.5. The van der Waals surface area contributed by atoms with Gasteiger partial charge in [-0.05, 0) is 25.0 Å². The van der Waals surface area contributed by atoms with Crippen LogP contribution in [-0.2, 0) is 4.74 Å². The molecule has 3 heteroatoms. The molecule has 1 saturated carbocycles. The SMILES string of the molecule is NC1(COCCOc2ccccc2)CCCCCC1. The lowest BCUT2D eigenvalue weighted by atomic mass is 9.93. The van der Waals surface area contributed by atoms with Gasteiger partial charge >= 0.3 is 0 Å². The van der Waals surface area contributed by atoms with Gasteiger partial charge in [-0.3, -0.25) is 0 Å². The van der Waals surface area contributed by atoms with Crippen molar-refractivity contribution in [2.75, 3.05) is 19.8 Å². The Morgan fingerprint density at radius 3 is 2.32 bits per heavy atom. The molecule has 1 aliphatic carbocycles. The zero-order chi connectivity index (χ0) is 13.4. The first-order valence-corrected chi connectivity index (χ1v) is 7.33. The van der Waals surface area contributed by atoms with Crippen molar-refractivity contribution in [1.29, 1.82) is 0 Å². The zero-order valence-electron chi connectivity index (χ0n) is 11.6. The van der Waals surface area contributed by atoms with Gasteiger partial charge in [0.25, 0.3) is 0 Å². The molecule has 3 nitrogen and oxygen atoms in total. The molecular formula is C16H25NO2. The third kappa shape index (κ3) is 5.21. The standard InChI is InChI=1S/C16H25NO2/c17-16(10-6-1-2-7-11-16)14-18-12-13-19-15-8-4-3-5-9-15/h3-5,8-9H,1-2,6-7,10-14,17H2. The minimum atomic E-state index is -0.108. The van der Waals surface area contributed by atoms with Crippen LogP contribution >= 0.6 is 0 Å². The van der Waals surface area contributed by atoms with Gasteiger partial charge in [0.1, 0.15) is 12.4 Å². The van der Waals surface area contributed by atoms with Gasteiger partial charge < -0.3 is 15.2 Å². The predicted octanol–water partition coefficient (Wildman–Crippen LogP) is 3.13. The highest BCUT2D eigenvalue weighted by Gasteiger charge is 2.26. The van der Waals surface area contributed by atoms with E-state index in [0.29, 0.717) is 19.8 Å². The van der Waals surface area contributed by atoms with Crippen LogP contribution in [0.3, 0.4) is 0 Å². The van der Waals surface area contributed by atoms with Crippen molar-refractivity contribution in [2.45, 2.75) is 44.1 Å². The number of ether oxygens (including phenoxy) is 2. The molecular weight excluding hydrogens is 238 g/mol. The van der Waals surface area contributed by atoms with Crippen molar-refractivity contribution < 1.29 is 9.47 Å². The lowest BCUT2D eigenvalue weighted by Gasteiger charge is -2.27. The highest BCUT2D eigenvalue weighted by molar-refractivity contribution is 5.20. The largest absolute Gasteiger partial charge is 0.491 e. The van der Waals surface area contributed by atoms with Gasteiger partial charge in [-0.15, -0.1) is 0 Å². The summed E-state index contributed by atoms with van der Waals surface area (Å²) in [6.07, 6.45) is 7.28. The van der Waals surface area contributed by atoms with Crippen molar-refractivity contribution >= 4 is 0 Å². The molecule has 0 unspecified atom stereocenters. The molecule has 1 aromatic carbocycles. The van der Waals surface area contributed by atoms with Crippen molar-refractivity contribution in [3.8, 4) is 5.75 Å². The number of rotatable bonds is 6. The first kappa shape index (κ1) is 14.4. The number of benzene rings is 1. The van der Waals surface area contributed by atoms with Crippen molar-refractivity contribution in [3.05, 3.63) is 30.3 Å². The quantitative estimate of drug-likeness (QED) is 0.633. The molecule has 1 fully saturated rings. The smallest absolute Gasteiger partial charge is 0.119 e. The Morgan fingerprint density at radius 1 is 0.947 bits per heavy atom. The summed E-state index contributed by atoms with van der Waals surface area (Å²) in [4.78, 5) is 0. The predicted molar refractivity (Wildman–Crippen MR) is 77.4 cm³/mol. The van der Waals surface area contributed by atoms with E-state index in [2.05, 4.69) is 0 Å². The van der Waals surface area contributed by atoms with Crippen molar-refractivity contribution in [3.63, 3.8) is 0 Å². The summed E-state index contributed by atoms with van der Waals surface area (Å²) in [6.45, 7) is 1.85. The second-order valence-electron chi connectivity index (χ2n) is 5.49. The van der Waals surface area contributed by atoms with Gasteiger partial charge in [-0.1, -0.05) is 43.9 Å². The second-order valence-corrected chi connectivity index (χ2v) is 5.49. The van der Waals surface area contributed by atoms with Crippen LogP contribution in [0.4, 0.5) is 0 Å². The maximum atomic E-state index is 6.39. The molecule has 0 atom stereocenters. The Balaban J connectivity index is 1.61. The fourth-order valence-corrected chi connectivity index (χ4v) is 2.59. The van der Waals surface area contributed by atoms with E-state index in [4.69, 9.17) is 15.2 Å². The van der Waals surface area contributed by atoms with E-state index in [1.807, 2.05) is 30.3 Å². The molecule has 0 saturated heterocycles. The van der Waals surface area contributed by atoms with Crippen molar-refractivity contribution in [2.24, 2.45) is 5.73 Å². The Morgan fingerprint density at radius 2 is 1.63 bits per heavy atom. The Kier molecular flexibility index (Phi) is 5.67. The van der Waals surface area contributed by atoms with Crippen molar-refractivity contribution in [1.82, 2.24) is 0 Å². The maximum absolute atomic E-state index is 6.39. The fourth-order valence-electron chi connectivity index (χ4n) is 2.59. The van der Waals surface area contributed by atoms with Gasteiger partial charge in [-0.2, -0.15) is 0 Å². The summed E-state index contributed by atoms with van der Waals surface area (Å²) >= 11 is 0. The zero-order valence-corrected chi connectivity index (χ0v) is 11.6. The number of hydrogen-bond donors (Lipinski definition) is 1. The summed E-state index contributed by atoms with van der Waals surface area (Å²) in [7, 11) is 0. The molecule has 1 aromatic rings. The van der Waals surface area contributed by atoms with E-state index < -0.39 is 0 Å². The van der Waals surface area contributed by atoms with E-state index in [-0.39, 0.29) is 5.54 Å². The van der Waals surface area contributed by atoms with Gasteiger partial charge in [0.2, 0.25) is 0 Å². The normalized spacial score (nSPS) is 18.8. The van der Waals surface area contributed by atoms with Crippen LogP contribution in [0.25, 0.3) is 0 Å². The fraction of sp³-hybridized carbons (Fsp3) is 0.625. The van der Waals surface area contributed by atoms with Crippen LogP contribution < -0.4 is 10.5 Å². The third-order valence-corrected chi connectivity index (χ3v) is 3.73.